The maximum absolute atomic E-state index is 13.5. The molecule has 0 spiro atoms. The van der Waals surface area contributed by atoms with Crippen LogP contribution in [-0.4, -0.2) is 51.2 Å². The molecule has 0 aliphatic carbocycles. The van der Waals surface area contributed by atoms with E-state index in [0.717, 1.165) is 16.9 Å². The van der Waals surface area contributed by atoms with E-state index in [1.165, 1.54) is 0 Å². The van der Waals surface area contributed by atoms with Crippen molar-refractivity contribution in [3.8, 4) is 29.1 Å². The van der Waals surface area contributed by atoms with Crippen LogP contribution < -0.4 is 18.9 Å². The largest absolute Gasteiger partial charge is 0.493 e. The smallest absolute Gasteiger partial charge is 0.271 e. The van der Waals surface area contributed by atoms with Gasteiger partial charge in [-0.2, -0.15) is 5.26 Å². The summed E-state index contributed by atoms with van der Waals surface area (Å²) >= 11 is 0. The minimum absolute atomic E-state index is 0.0521. The van der Waals surface area contributed by atoms with Crippen LogP contribution in [-0.2, 0) is 16.0 Å². The molecule has 1 heterocycles. The van der Waals surface area contributed by atoms with E-state index in [0.29, 0.717) is 53.1 Å². The van der Waals surface area contributed by atoms with E-state index in [1.807, 2.05) is 18.2 Å². The molecule has 1 aliphatic rings. The van der Waals surface area contributed by atoms with Crippen molar-refractivity contribution in [3.05, 3.63) is 64.2 Å². The molecule has 0 unspecified atom stereocenters. The minimum atomic E-state index is -0.598. The van der Waals surface area contributed by atoms with Crippen molar-refractivity contribution in [1.29, 1.82) is 5.26 Å². The van der Waals surface area contributed by atoms with Gasteiger partial charge in [0.1, 0.15) is 11.6 Å². The van der Waals surface area contributed by atoms with Crippen LogP contribution in [0, 0.1) is 17.2 Å². The molecule has 200 valence electrons. The number of carbonyl (C=O) groups excluding carboxylic acids is 2. The lowest BCUT2D eigenvalue weighted by Crippen LogP contribution is -2.43. The van der Waals surface area contributed by atoms with Gasteiger partial charge < -0.3 is 18.9 Å². The van der Waals surface area contributed by atoms with Gasteiger partial charge in [0.15, 0.2) is 23.0 Å². The molecule has 2 aromatic carbocycles. The SMILES string of the molecule is COc1ccc(CCN2C(=O)C(C#N)=C(C)/C(=C\c3ccc(OCCC(C)C)c(OC)c3)C2=O)cc1OC. The highest BCUT2D eigenvalue weighted by atomic mass is 16.5. The lowest BCUT2D eigenvalue weighted by molar-refractivity contribution is -0.140. The molecule has 2 aromatic rings. The van der Waals surface area contributed by atoms with Crippen LogP contribution >= 0.6 is 0 Å². The first-order chi connectivity index (χ1) is 18.2. The maximum Gasteiger partial charge on any atom is 0.271 e. The summed E-state index contributed by atoms with van der Waals surface area (Å²) in [6.45, 7) is 6.55. The van der Waals surface area contributed by atoms with Gasteiger partial charge in [-0.25, -0.2) is 0 Å². The number of nitriles is 1. The Balaban J connectivity index is 1.88. The van der Waals surface area contributed by atoms with Gasteiger partial charge in [-0.05, 0) is 72.7 Å². The van der Waals surface area contributed by atoms with Crippen LogP contribution in [0.1, 0.15) is 38.3 Å². The van der Waals surface area contributed by atoms with Crippen LogP contribution in [0.2, 0.25) is 0 Å². The fraction of sp³-hybridized carbons (Fsp3) is 0.367. The lowest BCUT2D eigenvalue weighted by Gasteiger charge is -2.27. The van der Waals surface area contributed by atoms with Crippen molar-refractivity contribution in [2.45, 2.75) is 33.6 Å². The average molecular weight is 519 g/mol. The van der Waals surface area contributed by atoms with Crippen molar-refractivity contribution in [2.75, 3.05) is 34.5 Å². The van der Waals surface area contributed by atoms with Gasteiger partial charge in [0.25, 0.3) is 11.8 Å². The van der Waals surface area contributed by atoms with Gasteiger partial charge in [0, 0.05) is 12.1 Å². The zero-order valence-corrected chi connectivity index (χ0v) is 22.8. The summed E-state index contributed by atoms with van der Waals surface area (Å²) in [4.78, 5) is 27.6. The zero-order chi connectivity index (χ0) is 27.8. The highest BCUT2D eigenvalue weighted by Crippen LogP contribution is 2.32. The summed E-state index contributed by atoms with van der Waals surface area (Å²) in [6.07, 6.45) is 2.97. The summed E-state index contributed by atoms with van der Waals surface area (Å²) in [7, 11) is 4.65. The van der Waals surface area contributed by atoms with E-state index in [2.05, 4.69) is 13.8 Å². The van der Waals surface area contributed by atoms with E-state index in [4.69, 9.17) is 18.9 Å². The third-order valence-corrected chi connectivity index (χ3v) is 6.35. The Morgan fingerprint density at radius 2 is 1.58 bits per heavy atom. The summed E-state index contributed by atoms with van der Waals surface area (Å²) in [5, 5.41) is 9.71. The number of amides is 2. The molecule has 0 saturated carbocycles. The number of methoxy groups -OCH3 is 3. The summed E-state index contributed by atoms with van der Waals surface area (Å²) in [5.74, 6) is 1.76. The third-order valence-electron chi connectivity index (χ3n) is 6.35. The van der Waals surface area contributed by atoms with Gasteiger partial charge in [0.05, 0.1) is 27.9 Å². The predicted molar refractivity (Wildman–Crippen MR) is 144 cm³/mol. The quantitative estimate of drug-likeness (QED) is 0.306. The maximum atomic E-state index is 13.5. The Morgan fingerprint density at radius 1 is 0.921 bits per heavy atom. The lowest BCUT2D eigenvalue weighted by atomic mass is 9.93. The number of benzene rings is 2. The second-order valence-electron chi connectivity index (χ2n) is 9.31. The highest BCUT2D eigenvalue weighted by Gasteiger charge is 2.35. The zero-order valence-electron chi connectivity index (χ0n) is 22.8. The molecule has 8 heteroatoms. The Kier molecular flexibility index (Phi) is 9.55. The molecular weight excluding hydrogens is 484 g/mol. The molecule has 0 bridgehead atoms. The Hall–Kier alpha value is -4.25. The molecular formula is C30H34N2O6. The molecule has 0 N–H and O–H groups in total. The number of ether oxygens (including phenoxy) is 4. The number of imide groups is 1. The van der Waals surface area contributed by atoms with Gasteiger partial charge >= 0.3 is 0 Å². The molecule has 8 nitrogen and oxygen atoms in total. The fourth-order valence-corrected chi connectivity index (χ4v) is 4.07. The number of carbonyl (C=O) groups is 2. The monoisotopic (exact) mass is 518 g/mol. The molecule has 0 fully saturated rings. The van der Waals surface area contributed by atoms with E-state index in [1.54, 1.807) is 58.6 Å². The van der Waals surface area contributed by atoms with Crippen LogP contribution in [0.25, 0.3) is 6.08 Å². The second kappa shape index (κ2) is 12.8. The van der Waals surface area contributed by atoms with Gasteiger partial charge in [-0.15, -0.1) is 0 Å². The summed E-state index contributed by atoms with van der Waals surface area (Å²) < 4.78 is 22.0. The number of nitrogens with zero attached hydrogens (tertiary/aromatic N) is 2. The molecule has 0 aromatic heterocycles. The molecule has 3 rings (SSSR count). The van der Waals surface area contributed by atoms with E-state index >= 15 is 0 Å². The minimum Gasteiger partial charge on any atom is -0.493 e. The first-order valence-corrected chi connectivity index (χ1v) is 12.4. The molecule has 38 heavy (non-hydrogen) atoms. The third kappa shape index (κ3) is 6.35. The Bertz CT molecular complexity index is 1300. The van der Waals surface area contributed by atoms with Crippen LogP contribution in [0.15, 0.2) is 53.1 Å². The first kappa shape index (κ1) is 28.3. The van der Waals surface area contributed by atoms with Crippen molar-refractivity contribution in [1.82, 2.24) is 4.90 Å². The molecule has 1 aliphatic heterocycles. The summed E-state index contributed by atoms with van der Waals surface area (Å²) in [5.41, 5.74) is 2.12. The normalized spacial score (nSPS) is 14.7. The standard InChI is InChI=1S/C30H34N2O6/c1-19(2)12-14-38-26-10-8-22(17-28(26)37-6)15-23-20(3)24(18-31)30(34)32(29(23)33)13-11-21-7-9-25(35-4)27(16-21)36-5/h7-10,15-17,19H,11-14H2,1-6H3/b23-15+. The Morgan fingerprint density at radius 3 is 2.21 bits per heavy atom. The highest BCUT2D eigenvalue weighted by molar-refractivity contribution is 6.19. The first-order valence-electron chi connectivity index (χ1n) is 12.4. The van der Waals surface area contributed by atoms with Crippen LogP contribution in [0.3, 0.4) is 0 Å². The number of rotatable bonds is 11. The molecule has 0 saturated heterocycles. The summed E-state index contributed by atoms with van der Waals surface area (Å²) in [6, 6.07) is 12.8. The van der Waals surface area contributed by atoms with Gasteiger partial charge in [-0.3, -0.25) is 14.5 Å². The van der Waals surface area contributed by atoms with Crippen LogP contribution in [0.5, 0.6) is 23.0 Å². The van der Waals surface area contributed by atoms with Gasteiger partial charge in [-0.1, -0.05) is 26.0 Å². The second-order valence-corrected chi connectivity index (χ2v) is 9.31. The van der Waals surface area contributed by atoms with Crippen molar-refractivity contribution < 1.29 is 28.5 Å². The molecule has 0 atom stereocenters. The van der Waals surface area contributed by atoms with Crippen molar-refractivity contribution >= 4 is 17.9 Å². The predicted octanol–water partition coefficient (Wildman–Crippen LogP) is 4.97. The van der Waals surface area contributed by atoms with E-state index in [9.17, 15) is 14.9 Å². The topological polar surface area (TPSA) is 98.1 Å². The van der Waals surface area contributed by atoms with Crippen LogP contribution in [0.4, 0.5) is 0 Å². The number of hydrogen-bond acceptors (Lipinski definition) is 7. The van der Waals surface area contributed by atoms with Crippen molar-refractivity contribution in [3.63, 3.8) is 0 Å². The molecule has 2 amide bonds. The van der Waals surface area contributed by atoms with E-state index < -0.39 is 11.8 Å². The average Bonchev–Trinajstić information content (AvgIpc) is 2.91. The Labute approximate surface area is 224 Å². The fourth-order valence-electron chi connectivity index (χ4n) is 4.07. The van der Waals surface area contributed by atoms with Crippen molar-refractivity contribution in [2.24, 2.45) is 5.92 Å². The van der Waals surface area contributed by atoms with E-state index in [-0.39, 0.29) is 17.7 Å². The number of hydrogen-bond donors (Lipinski definition) is 0. The molecule has 0 radical (unpaired) electrons. The van der Waals surface area contributed by atoms with Gasteiger partial charge in [0.2, 0.25) is 0 Å².